The lowest BCUT2D eigenvalue weighted by atomic mass is 9.75. The van der Waals surface area contributed by atoms with Crippen LogP contribution in [0.15, 0.2) is 43.0 Å². The fourth-order valence-corrected chi connectivity index (χ4v) is 3.65. The van der Waals surface area contributed by atoms with Crippen LogP contribution in [0.25, 0.3) is 0 Å². The first-order chi connectivity index (χ1) is 13.0. The number of likely N-dealkylation sites (tertiary alicyclic amines) is 1. The van der Waals surface area contributed by atoms with Crippen LogP contribution in [0.5, 0.6) is 0 Å². The van der Waals surface area contributed by atoms with E-state index in [1.807, 2.05) is 0 Å². The van der Waals surface area contributed by atoms with Crippen LogP contribution in [-0.2, 0) is 27.3 Å². The minimum atomic E-state index is -0.930. The zero-order valence-electron chi connectivity index (χ0n) is 15.4. The predicted octanol–water partition coefficient (Wildman–Crippen LogP) is 2.44. The molecule has 1 unspecified atom stereocenters. The molecule has 1 amide bonds. The van der Waals surface area contributed by atoms with Crippen molar-refractivity contribution >= 4 is 11.9 Å². The Morgan fingerprint density at radius 3 is 2.85 bits per heavy atom. The van der Waals surface area contributed by atoms with E-state index < -0.39 is 5.41 Å². The number of hydrogen-bond acceptors (Lipinski definition) is 4. The zero-order valence-corrected chi connectivity index (χ0v) is 15.4. The van der Waals surface area contributed by atoms with Gasteiger partial charge >= 0.3 is 5.97 Å². The third kappa shape index (κ3) is 4.35. The van der Waals surface area contributed by atoms with E-state index >= 15 is 0 Å². The van der Waals surface area contributed by atoms with Crippen LogP contribution in [-0.4, -0.2) is 46.0 Å². The molecule has 1 atom stereocenters. The number of ether oxygens (including phenoxy) is 1. The first-order valence-corrected chi connectivity index (χ1v) is 9.18. The molecule has 1 aromatic carbocycles. The quantitative estimate of drug-likeness (QED) is 0.730. The lowest BCUT2D eigenvalue weighted by molar-refractivity contribution is -0.161. The molecular formula is C20H24FN3O3. The van der Waals surface area contributed by atoms with Crippen molar-refractivity contribution in [2.75, 3.05) is 19.7 Å². The van der Waals surface area contributed by atoms with E-state index in [4.69, 9.17) is 4.74 Å². The second-order valence-electron chi connectivity index (χ2n) is 6.92. The van der Waals surface area contributed by atoms with Crippen molar-refractivity contribution in [3.8, 4) is 0 Å². The number of amides is 1. The summed E-state index contributed by atoms with van der Waals surface area (Å²) in [5.74, 6) is -0.800. The van der Waals surface area contributed by atoms with Crippen molar-refractivity contribution in [2.24, 2.45) is 5.41 Å². The van der Waals surface area contributed by atoms with E-state index in [9.17, 15) is 14.0 Å². The van der Waals surface area contributed by atoms with Crippen molar-refractivity contribution in [3.63, 3.8) is 0 Å². The Balaban J connectivity index is 1.82. The van der Waals surface area contributed by atoms with Gasteiger partial charge in [0.05, 0.1) is 18.3 Å². The van der Waals surface area contributed by atoms with Gasteiger partial charge in [-0.15, -0.1) is 0 Å². The molecule has 0 N–H and O–H groups in total. The summed E-state index contributed by atoms with van der Waals surface area (Å²) in [7, 11) is 0. The van der Waals surface area contributed by atoms with Crippen molar-refractivity contribution in [1.82, 2.24) is 14.5 Å². The van der Waals surface area contributed by atoms with Gasteiger partial charge in [-0.25, -0.2) is 9.37 Å². The molecular weight excluding hydrogens is 349 g/mol. The average Bonchev–Trinajstić information content (AvgIpc) is 3.17. The summed E-state index contributed by atoms with van der Waals surface area (Å²) in [4.78, 5) is 31.2. The third-order valence-corrected chi connectivity index (χ3v) is 5.00. The van der Waals surface area contributed by atoms with Crippen LogP contribution in [0, 0.1) is 11.2 Å². The standard InChI is InChI=1S/C20H24FN3O3/c1-2-27-19(26)20(12-16-6-3-4-7-17(16)21)8-5-10-24(14-20)18(25)13-23-11-9-22-15-23/h3-4,6-7,9,11,15H,2,5,8,10,12-14H2,1H3. The summed E-state index contributed by atoms with van der Waals surface area (Å²) in [6.07, 6.45) is 6.37. The number of piperidine rings is 1. The number of nitrogens with zero attached hydrogens (tertiary/aromatic N) is 3. The highest BCUT2D eigenvalue weighted by Crippen LogP contribution is 2.36. The second-order valence-corrected chi connectivity index (χ2v) is 6.92. The molecule has 1 aliphatic heterocycles. The van der Waals surface area contributed by atoms with Gasteiger partial charge in [0.25, 0.3) is 0 Å². The van der Waals surface area contributed by atoms with Crippen molar-refractivity contribution < 1.29 is 18.7 Å². The SMILES string of the molecule is CCOC(=O)C1(Cc2ccccc2F)CCCN(C(=O)Cn2ccnc2)C1. The normalized spacial score (nSPS) is 19.7. The van der Waals surface area contributed by atoms with Gasteiger partial charge in [-0.05, 0) is 37.8 Å². The highest BCUT2D eigenvalue weighted by atomic mass is 19.1. The third-order valence-electron chi connectivity index (χ3n) is 5.00. The molecule has 27 heavy (non-hydrogen) atoms. The topological polar surface area (TPSA) is 64.4 Å². The Morgan fingerprint density at radius 1 is 1.33 bits per heavy atom. The number of esters is 1. The second kappa shape index (κ2) is 8.33. The number of carbonyl (C=O) groups is 2. The number of carbonyl (C=O) groups excluding carboxylic acids is 2. The van der Waals surface area contributed by atoms with Crippen LogP contribution >= 0.6 is 0 Å². The van der Waals surface area contributed by atoms with Crippen LogP contribution in [0.4, 0.5) is 4.39 Å². The minimum absolute atomic E-state index is 0.0880. The fourth-order valence-electron chi connectivity index (χ4n) is 3.65. The van der Waals surface area contributed by atoms with Crippen molar-refractivity contribution in [1.29, 1.82) is 0 Å². The van der Waals surface area contributed by atoms with E-state index in [2.05, 4.69) is 4.98 Å². The largest absolute Gasteiger partial charge is 0.466 e. The van der Waals surface area contributed by atoms with Gasteiger partial charge in [-0.1, -0.05) is 18.2 Å². The number of benzene rings is 1. The molecule has 3 rings (SSSR count). The average molecular weight is 373 g/mol. The summed E-state index contributed by atoms with van der Waals surface area (Å²) < 4.78 is 21.2. The fraction of sp³-hybridized carbons (Fsp3) is 0.450. The van der Waals surface area contributed by atoms with Gasteiger partial charge in [0.1, 0.15) is 12.4 Å². The van der Waals surface area contributed by atoms with Gasteiger partial charge in [0.2, 0.25) is 5.91 Å². The molecule has 6 nitrogen and oxygen atoms in total. The molecule has 0 radical (unpaired) electrons. The summed E-state index contributed by atoms with van der Waals surface area (Å²) in [5, 5.41) is 0. The van der Waals surface area contributed by atoms with Gasteiger partial charge in [0.15, 0.2) is 0 Å². The maximum absolute atomic E-state index is 14.2. The molecule has 1 saturated heterocycles. The molecule has 7 heteroatoms. The van der Waals surface area contributed by atoms with Crippen LogP contribution in [0.1, 0.15) is 25.3 Å². The first kappa shape index (κ1) is 19.1. The van der Waals surface area contributed by atoms with E-state index in [-0.39, 0.29) is 43.8 Å². The number of halogens is 1. The maximum atomic E-state index is 14.2. The van der Waals surface area contributed by atoms with Crippen molar-refractivity contribution in [2.45, 2.75) is 32.7 Å². The molecule has 0 bridgehead atoms. The summed E-state index contributed by atoms with van der Waals surface area (Å²) >= 11 is 0. The molecule has 1 aromatic heterocycles. The maximum Gasteiger partial charge on any atom is 0.314 e. The molecule has 1 aliphatic rings. The number of rotatable bonds is 6. The highest BCUT2D eigenvalue weighted by Gasteiger charge is 2.45. The molecule has 144 valence electrons. The smallest absolute Gasteiger partial charge is 0.314 e. The van der Waals surface area contributed by atoms with Gasteiger partial charge < -0.3 is 14.2 Å². The molecule has 0 saturated carbocycles. The molecule has 2 aromatic rings. The predicted molar refractivity (Wildman–Crippen MR) is 97.2 cm³/mol. The Bertz CT molecular complexity index is 794. The number of aromatic nitrogens is 2. The Kier molecular flexibility index (Phi) is 5.88. The molecule has 2 heterocycles. The zero-order chi connectivity index (χ0) is 19.3. The van der Waals surface area contributed by atoms with Gasteiger partial charge in [-0.3, -0.25) is 9.59 Å². The first-order valence-electron chi connectivity index (χ1n) is 9.18. The van der Waals surface area contributed by atoms with E-state index in [1.165, 1.54) is 6.07 Å². The number of hydrogen-bond donors (Lipinski definition) is 0. The van der Waals surface area contributed by atoms with Gasteiger partial charge in [-0.2, -0.15) is 0 Å². The summed E-state index contributed by atoms with van der Waals surface area (Å²) in [6.45, 7) is 2.97. The van der Waals surface area contributed by atoms with Crippen LogP contribution in [0.3, 0.4) is 0 Å². The molecule has 1 fully saturated rings. The molecule has 0 aliphatic carbocycles. The summed E-state index contributed by atoms with van der Waals surface area (Å²) in [5.41, 5.74) is -0.462. The highest BCUT2D eigenvalue weighted by molar-refractivity contribution is 5.81. The van der Waals surface area contributed by atoms with Crippen molar-refractivity contribution in [3.05, 3.63) is 54.4 Å². The lowest BCUT2D eigenvalue weighted by Gasteiger charge is -2.41. The summed E-state index contributed by atoms with van der Waals surface area (Å²) in [6, 6.07) is 6.45. The van der Waals surface area contributed by atoms with Crippen LogP contribution in [0.2, 0.25) is 0 Å². The van der Waals surface area contributed by atoms with E-state index in [0.29, 0.717) is 24.9 Å². The minimum Gasteiger partial charge on any atom is -0.466 e. The Labute approximate surface area is 157 Å². The Hall–Kier alpha value is -2.70. The van der Waals surface area contributed by atoms with Crippen LogP contribution < -0.4 is 0 Å². The molecule has 0 spiro atoms. The van der Waals surface area contributed by atoms with Gasteiger partial charge in [0, 0.05) is 25.5 Å². The Morgan fingerprint density at radius 2 is 2.15 bits per heavy atom. The van der Waals surface area contributed by atoms with E-state index in [0.717, 1.165) is 0 Å². The monoisotopic (exact) mass is 373 g/mol. The van der Waals surface area contributed by atoms with E-state index in [1.54, 1.807) is 53.3 Å². The lowest BCUT2D eigenvalue weighted by Crippen LogP contribution is -2.52. The number of imidazole rings is 1.